The molecule has 10 nitrogen and oxygen atoms in total. The van der Waals surface area contributed by atoms with Crippen LogP contribution in [0.1, 0.15) is 17.3 Å². The minimum atomic E-state index is -4.58. The highest BCUT2D eigenvalue weighted by atomic mass is 32.2. The number of aliphatic hydroxyl groups is 1. The minimum absolute atomic E-state index is 0.349. The van der Waals surface area contributed by atoms with Crippen LogP contribution in [0.4, 0.5) is 0 Å². The van der Waals surface area contributed by atoms with Gasteiger partial charge in [-0.1, -0.05) is 6.08 Å². The van der Waals surface area contributed by atoms with Gasteiger partial charge in [-0.25, -0.2) is 9.59 Å². The molecule has 1 unspecified atom stereocenters. The molecular weight excluding hydrogens is 360 g/mol. The lowest BCUT2D eigenvalue weighted by atomic mass is 10.2. The van der Waals surface area contributed by atoms with Gasteiger partial charge in [0.15, 0.2) is 5.75 Å². The number of aliphatic hydroxyl groups excluding tert-OH is 1. The van der Waals surface area contributed by atoms with Crippen molar-refractivity contribution in [2.24, 2.45) is 0 Å². The number of carboxylic acids is 1. The van der Waals surface area contributed by atoms with Crippen LogP contribution in [0, 0.1) is 0 Å². The van der Waals surface area contributed by atoms with E-state index in [1.54, 1.807) is 6.92 Å². The number of carbonyl (C=O) groups excluding carboxylic acids is 1. The Kier molecular flexibility index (Phi) is 7.51. The van der Waals surface area contributed by atoms with Gasteiger partial charge in [0.05, 0.1) is 4.90 Å². The average Bonchev–Trinajstić information content (AvgIpc) is 2.52. The van der Waals surface area contributed by atoms with Gasteiger partial charge in [-0.15, -0.1) is 0 Å². The molecule has 0 aliphatic carbocycles. The number of rotatable bonds is 9. The van der Waals surface area contributed by atoms with Crippen LogP contribution in [0.25, 0.3) is 0 Å². The largest absolute Gasteiger partial charge is 0.478 e. The molecule has 0 aliphatic rings. The monoisotopic (exact) mass is 376 g/mol. The Labute approximate surface area is 142 Å². The van der Waals surface area contributed by atoms with Crippen molar-refractivity contribution in [3.63, 3.8) is 0 Å². The fourth-order valence-corrected chi connectivity index (χ4v) is 2.00. The fraction of sp³-hybridized carbons (Fsp3) is 0.286. The molecule has 0 spiro atoms. The molecule has 11 heteroatoms. The van der Waals surface area contributed by atoms with Crippen molar-refractivity contribution in [1.29, 1.82) is 0 Å². The first-order valence-corrected chi connectivity index (χ1v) is 8.21. The Balaban J connectivity index is 2.65. The summed E-state index contributed by atoms with van der Waals surface area (Å²) in [6.07, 6.45) is 1.37. The molecule has 25 heavy (non-hydrogen) atoms. The molecule has 0 saturated carbocycles. The van der Waals surface area contributed by atoms with E-state index in [1.807, 2.05) is 0 Å². The van der Waals surface area contributed by atoms with Crippen LogP contribution in [-0.2, 0) is 24.5 Å². The molecule has 0 radical (unpaired) electrons. The maximum absolute atomic E-state index is 11.1. The van der Waals surface area contributed by atoms with E-state index in [0.717, 1.165) is 18.2 Å². The number of carbonyl (C=O) groups is 2. The summed E-state index contributed by atoms with van der Waals surface area (Å²) in [5.41, 5.74) is -0.580. The summed E-state index contributed by atoms with van der Waals surface area (Å²) in [7, 11) is -4.58. The zero-order chi connectivity index (χ0) is 19.0. The lowest BCUT2D eigenvalue weighted by Crippen LogP contribution is -2.24. The van der Waals surface area contributed by atoms with Gasteiger partial charge < -0.3 is 19.8 Å². The third kappa shape index (κ3) is 6.89. The fourth-order valence-electron chi connectivity index (χ4n) is 1.50. The van der Waals surface area contributed by atoms with Crippen molar-refractivity contribution in [1.82, 2.24) is 0 Å². The number of hydrogen-bond acceptors (Lipinski definition) is 8. The van der Waals surface area contributed by atoms with E-state index in [1.165, 1.54) is 6.08 Å². The van der Waals surface area contributed by atoms with Crippen LogP contribution in [0.2, 0.25) is 0 Å². The third-order valence-corrected chi connectivity index (χ3v) is 3.46. The van der Waals surface area contributed by atoms with Crippen LogP contribution in [0.15, 0.2) is 35.2 Å². The summed E-state index contributed by atoms with van der Waals surface area (Å²) in [4.78, 5) is 30.9. The van der Waals surface area contributed by atoms with Crippen LogP contribution in [-0.4, -0.2) is 54.4 Å². The zero-order valence-electron chi connectivity index (χ0n) is 13.0. The molecule has 0 saturated heterocycles. The van der Waals surface area contributed by atoms with Crippen LogP contribution in [0.3, 0.4) is 0 Å². The standard InChI is InChI=1S/C14H16O10S/c1-2-3-13(16)22-7-9(15)8-23-24-12-5-4-10(25(19,20)21)6-11(12)14(17)18/h2-6,9,15H,7-8H2,1H3,(H,17,18)(H,19,20,21). The second kappa shape index (κ2) is 9.13. The normalized spacial score (nSPS) is 12.8. The van der Waals surface area contributed by atoms with Crippen LogP contribution in [0.5, 0.6) is 5.75 Å². The second-order valence-electron chi connectivity index (χ2n) is 4.59. The smallest absolute Gasteiger partial charge is 0.339 e. The first-order valence-electron chi connectivity index (χ1n) is 6.77. The van der Waals surface area contributed by atoms with E-state index < -0.39 is 45.2 Å². The summed E-state index contributed by atoms with van der Waals surface area (Å²) < 4.78 is 35.6. The summed E-state index contributed by atoms with van der Waals surface area (Å²) >= 11 is 0. The Hall–Kier alpha value is -2.47. The van der Waals surface area contributed by atoms with Crippen LogP contribution < -0.4 is 4.89 Å². The highest BCUT2D eigenvalue weighted by molar-refractivity contribution is 7.85. The number of allylic oxidation sites excluding steroid dienone is 1. The zero-order valence-corrected chi connectivity index (χ0v) is 13.8. The number of carboxylic acid groups (broad SMARTS) is 1. The van der Waals surface area contributed by atoms with E-state index >= 15 is 0 Å². The summed E-state index contributed by atoms with van der Waals surface area (Å²) in [6, 6.07) is 2.56. The van der Waals surface area contributed by atoms with Gasteiger partial charge in [0.2, 0.25) is 0 Å². The molecule has 0 fully saturated rings. The first-order chi connectivity index (χ1) is 11.6. The van der Waals surface area contributed by atoms with E-state index in [9.17, 15) is 23.1 Å². The van der Waals surface area contributed by atoms with Gasteiger partial charge in [-0.2, -0.15) is 13.3 Å². The summed E-state index contributed by atoms with van der Waals surface area (Å²) in [6.45, 7) is 0.782. The predicted molar refractivity (Wildman–Crippen MR) is 81.6 cm³/mol. The maximum atomic E-state index is 11.1. The summed E-state index contributed by atoms with van der Waals surface area (Å²) in [5.74, 6) is -2.53. The quantitative estimate of drug-likeness (QED) is 0.181. The van der Waals surface area contributed by atoms with E-state index in [4.69, 9.17) is 14.5 Å². The topological polar surface area (TPSA) is 157 Å². The SMILES string of the molecule is CC=CC(=O)OCC(O)COOc1ccc(S(=O)(=O)O)cc1C(=O)O. The molecule has 0 amide bonds. The molecule has 0 bridgehead atoms. The molecule has 1 atom stereocenters. The summed E-state index contributed by atoms with van der Waals surface area (Å²) in [5, 5.41) is 18.6. The molecule has 1 aromatic rings. The van der Waals surface area contributed by atoms with E-state index in [0.29, 0.717) is 6.07 Å². The molecule has 1 rings (SSSR count). The number of aromatic carboxylic acids is 1. The lowest BCUT2D eigenvalue weighted by Gasteiger charge is -2.12. The number of benzene rings is 1. The van der Waals surface area contributed by atoms with Crippen molar-refractivity contribution < 1.29 is 47.3 Å². The minimum Gasteiger partial charge on any atom is -0.478 e. The van der Waals surface area contributed by atoms with Crippen molar-refractivity contribution in [3.05, 3.63) is 35.9 Å². The first kappa shape index (κ1) is 20.6. The Morgan fingerprint density at radius 3 is 2.52 bits per heavy atom. The van der Waals surface area contributed by atoms with Gasteiger partial charge in [0, 0.05) is 6.08 Å². The molecule has 0 aliphatic heterocycles. The van der Waals surface area contributed by atoms with Crippen molar-refractivity contribution >= 4 is 22.1 Å². The number of hydrogen-bond donors (Lipinski definition) is 3. The molecule has 0 aromatic heterocycles. The third-order valence-electron chi connectivity index (χ3n) is 2.61. The average molecular weight is 376 g/mol. The molecular formula is C14H16O10S. The van der Waals surface area contributed by atoms with E-state index in [2.05, 4.69) is 9.62 Å². The van der Waals surface area contributed by atoms with Gasteiger partial charge in [0.25, 0.3) is 10.1 Å². The molecule has 3 N–H and O–H groups in total. The Morgan fingerprint density at radius 2 is 1.96 bits per heavy atom. The number of ether oxygens (including phenoxy) is 1. The predicted octanol–water partition coefficient (Wildman–Crippen LogP) is 0.422. The lowest BCUT2D eigenvalue weighted by molar-refractivity contribution is -0.227. The molecule has 1 aromatic carbocycles. The highest BCUT2D eigenvalue weighted by Gasteiger charge is 2.19. The highest BCUT2D eigenvalue weighted by Crippen LogP contribution is 2.23. The molecule has 138 valence electrons. The van der Waals surface area contributed by atoms with Crippen LogP contribution >= 0.6 is 0 Å². The van der Waals surface area contributed by atoms with E-state index in [-0.39, 0.29) is 12.4 Å². The van der Waals surface area contributed by atoms with Gasteiger partial charge in [0.1, 0.15) is 24.9 Å². The van der Waals surface area contributed by atoms with Crippen molar-refractivity contribution in [2.75, 3.05) is 13.2 Å². The van der Waals surface area contributed by atoms with Crippen molar-refractivity contribution in [2.45, 2.75) is 17.9 Å². The number of esters is 1. The second-order valence-corrected chi connectivity index (χ2v) is 6.01. The van der Waals surface area contributed by atoms with Gasteiger partial charge in [-0.3, -0.25) is 4.55 Å². The maximum Gasteiger partial charge on any atom is 0.339 e. The van der Waals surface area contributed by atoms with Gasteiger partial charge >= 0.3 is 11.9 Å². The Bertz CT molecular complexity index is 753. The van der Waals surface area contributed by atoms with Crippen molar-refractivity contribution in [3.8, 4) is 5.75 Å². The molecule has 0 heterocycles. The Morgan fingerprint density at radius 1 is 1.28 bits per heavy atom. The van der Waals surface area contributed by atoms with Gasteiger partial charge in [-0.05, 0) is 25.1 Å².